The average Bonchev–Trinajstić information content (AvgIpc) is 2.99. The Morgan fingerprint density at radius 1 is 1.15 bits per heavy atom. The number of urea groups is 1. The van der Waals surface area contributed by atoms with Crippen molar-refractivity contribution >= 4 is 29.2 Å². The van der Waals surface area contributed by atoms with Crippen LogP contribution in [0.1, 0.15) is 37.0 Å². The summed E-state index contributed by atoms with van der Waals surface area (Å²) < 4.78 is 17.1. The van der Waals surface area contributed by atoms with E-state index in [1.165, 1.54) is 4.90 Å². The zero-order chi connectivity index (χ0) is 29.5. The number of likely N-dealkylation sites (N-methyl/N-ethyl adjacent to an activating group) is 1. The van der Waals surface area contributed by atoms with Crippen LogP contribution in [-0.2, 0) is 9.53 Å². The lowest BCUT2D eigenvalue weighted by molar-refractivity contribution is -0.122. The standard InChI is InChI=1S/C30H40N4O7/c1-19-16-34(20(2)18-35)29(37)24-6-5-7-25(32-28(36)21-12-14-40-15-13-21)27(24)41-26(19)17-33(3)30(38)31-22-8-10-23(39-4)11-9-22/h5-11,19-21,26,35H,12-18H2,1-4H3,(H,31,38)(H,32,36)/t19-,20-,26-/m0/s1. The molecule has 0 spiro atoms. The number of fused-ring (bicyclic) bond motifs is 1. The molecule has 0 bridgehead atoms. The molecule has 4 rings (SSSR count). The van der Waals surface area contributed by atoms with Crippen molar-refractivity contribution in [2.75, 3.05) is 57.7 Å². The third kappa shape index (κ3) is 7.28. The van der Waals surface area contributed by atoms with Gasteiger partial charge in [0.05, 0.1) is 37.6 Å². The molecule has 0 radical (unpaired) electrons. The van der Waals surface area contributed by atoms with Gasteiger partial charge in [-0.3, -0.25) is 9.59 Å². The summed E-state index contributed by atoms with van der Waals surface area (Å²) in [5.74, 6) is 0.0886. The van der Waals surface area contributed by atoms with Gasteiger partial charge in [0.1, 0.15) is 11.9 Å². The van der Waals surface area contributed by atoms with Crippen LogP contribution < -0.4 is 20.1 Å². The number of benzene rings is 2. The van der Waals surface area contributed by atoms with Gasteiger partial charge in [-0.15, -0.1) is 0 Å². The van der Waals surface area contributed by atoms with Gasteiger partial charge in [0, 0.05) is 44.3 Å². The fraction of sp³-hybridized carbons (Fsp3) is 0.500. The third-order valence-electron chi connectivity index (χ3n) is 7.68. The lowest BCUT2D eigenvalue weighted by Crippen LogP contribution is -2.50. The zero-order valence-electron chi connectivity index (χ0n) is 24.1. The highest BCUT2D eigenvalue weighted by atomic mass is 16.5. The number of nitrogens with zero attached hydrogens (tertiary/aromatic N) is 2. The molecular formula is C30H40N4O7. The first kappa shape index (κ1) is 30.1. The van der Waals surface area contributed by atoms with E-state index in [0.717, 1.165) is 0 Å². The Bertz CT molecular complexity index is 1220. The van der Waals surface area contributed by atoms with Crippen LogP contribution >= 0.6 is 0 Å². The Morgan fingerprint density at radius 2 is 1.85 bits per heavy atom. The fourth-order valence-electron chi connectivity index (χ4n) is 5.00. The van der Waals surface area contributed by atoms with E-state index in [0.29, 0.717) is 49.7 Å². The molecule has 2 aromatic carbocycles. The minimum atomic E-state index is -0.525. The van der Waals surface area contributed by atoms with E-state index >= 15 is 0 Å². The molecule has 0 saturated carbocycles. The third-order valence-corrected chi connectivity index (χ3v) is 7.68. The summed E-state index contributed by atoms with van der Waals surface area (Å²) in [6.45, 7) is 5.10. The van der Waals surface area contributed by atoms with Crippen molar-refractivity contribution in [3.05, 3.63) is 48.0 Å². The van der Waals surface area contributed by atoms with Gasteiger partial charge in [-0.2, -0.15) is 0 Å². The van der Waals surface area contributed by atoms with Gasteiger partial charge >= 0.3 is 6.03 Å². The molecule has 2 aromatic rings. The lowest BCUT2D eigenvalue weighted by atomic mass is 9.98. The van der Waals surface area contributed by atoms with Crippen LogP contribution in [0.15, 0.2) is 42.5 Å². The first-order valence-electron chi connectivity index (χ1n) is 14.0. The minimum Gasteiger partial charge on any atom is -0.497 e. The highest BCUT2D eigenvalue weighted by Crippen LogP contribution is 2.35. The number of ether oxygens (including phenoxy) is 3. The van der Waals surface area contributed by atoms with Crippen LogP contribution in [0.2, 0.25) is 0 Å². The predicted octanol–water partition coefficient (Wildman–Crippen LogP) is 3.44. The Morgan fingerprint density at radius 3 is 2.51 bits per heavy atom. The molecule has 0 unspecified atom stereocenters. The van der Waals surface area contributed by atoms with E-state index in [-0.39, 0.29) is 54.1 Å². The summed E-state index contributed by atoms with van der Waals surface area (Å²) in [7, 11) is 3.25. The SMILES string of the molecule is COc1ccc(NC(=O)N(C)C[C@@H]2Oc3c(NC(=O)C4CCOCC4)cccc3C(=O)N([C@@H](C)CO)C[C@@H]2C)cc1. The molecule has 0 aliphatic carbocycles. The first-order valence-corrected chi connectivity index (χ1v) is 14.0. The fourth-order valence-corrected chi connectivity index (χ4v) is 5.00. The molecule has 41 heavy (non-hydrogen) atoms. The maximum Gasteiger partial charge on any atom is 0.321 e. The molecule has 11 heteroatoms. The predicted molar refractivity (Wildman–Crippen MR) is 154 cm³/mol. The Kier molecular flexibility index (Phi) is 10.1. The van der Waals surface area contributed by atoms with E-state index in [2.05, 4.69) is 10.6 Å². The normalized spacial score (nSPS) is 20.1. The number of methoxy groups -OCH3 is 1. The van der Waals surface area contributed by atoms with Crippen molar-refractivity contribution in [2.24, 2.45) is 11.8 Å². The Labute approximate surface area is 240 Å². The molecule has 2 aliphatic heterocycles. The van der Waals surface area contributed by atoms with E-state index in [1.807, 2.05) is 6.92 Å². The number of carbonyl (C=O) groups excluding carboxylic acids is 3. The number of amides is 4. The summed E-state index contributed by atoms with van der Waals surface area (Å²) in [6, 6.07) is 11.3. The molecule has 3 atom stereocenters. The van der Waals surface area contributed by atoms with Gasteiger partial charge in [-0.1, -0.05) is 13.0 Å². The molecule has 2 aliphatic rings. The van der Waals surface area contributed by atoms with Crippen molar-refractivity contribution in [3.8, 4) is 11.5 Å². The second-order valence-electron chi connectivity index (χ2n) is 10.7. The number of rotatable bonds is 8. The van der Waals surface area contributed by atoms with Crippen molar-refractivity contribution in [1.29, 1.82) is 0 Å². The number of hydrogen-bond acceptors (Lipinski definition) is 7. The number of nitrogens with one attached hydrogen (secondary N) is 2. The van der Waals surface area contributed by atoms with Crippen LogP contribution in [0.4, 0.5) is 16.2 Å². The lowest BCUT2D eigenvalue weighted by Gasteiger charge is -2.38. The van der Waals surface area contributed by atoms with Crippen molar-refractivity contribution in [1.82, 2.24) is 9.80 Å². The highest BCUT2D eigenvalue weighted by molar-refractivity contribution is 6.02. The second kappa shape index (κ2) is 13.7. The van der Waals surface area contributed by atoms with Crippen molar-refractivity contribution < 1.29 is 33.7 Å². The number of para-hydroxylation sites is 1. The second-order valence-corrected chi connectivity index (χ2v) is 10.7. The summed E-state index contributed by atoms with van der Waals surface area (Å²) in [6.07, 6.45) is 0.717. The number of aliphatic hydroxyl groups excluding tert-OH is 1. The quantitative estimate of drug-likeness (QED) is 0.445. The smallest absolute Gasteiger partial charge is 0.321 e. The largest absolute Gasteiger partial charge is 0.497 e. The number of anilines is 2. The molecule has 11 nitrogen and oxygen atoms in total. The topological polar surface area (TPSA) is 130 Å². The van der Waals surface area contributed by atoms with E-state index in [1.54, 1.807) is 68.4 Å². The van der Waals surface area contributed by atoms with Gasteiger partial charge in [-0.05, 0) is 56.2 Å². The maximum atomic E-state index is 13.7. The number of aliphatic hydroxyl groups is 1. The maximum absolute atomic E-state index is 13.7. The first-order chi connectivity index (χ1) is 19.7. The van der Waals surface area contributed by atoms with Crippen LogP contribution in [0.5, 0.6) is 11.5 Å². The summed E-state index contributed by atoms with van der Waals surface area (Å²) >= 11 is 0. The summed E-state index contributed by atoms with van der Waals surface area (Å²) in [4.78, 5) is 43.0. The van der Waals surface area contributed by atoms with Crippen LogP contribution in [0, 0.1) is 11.8 Å². The van der Waals surface area contributed by atoms with Gasteiger partial charge in [0.15, 0.2) is 5.75 Å². The summed E-state index contributed by atoms with van der Waals surface area (Å²) in [5.41, 5.74) is 1.30. The Hall–Kier alpha value is -3.83. The average molecular weight is 569 g/mol. The monoisotopic (exact) mass is 568 g/mol. The van der Waals surface area contributed by atoms with Crippen LogP contribution in [0.25, 0.3) is 0 Å². The molecule has 3 N–H and O–H groups in total. The zero-order valence-corrected chi connectivity index (χ0v) is 24.1. The molecule has 1 saturated heterocycles. The Balaban J connectivity index is 1.60. The van der Waals surface area contributed by atoms with E-state index in [4.69, 9.17) is 14.2 Å². The summed E-state index contributed by atoms with van der Waals surface area (Å²) in [5, 5.41) is 15.8. The number of carbonyl (C=O) groups is 3. The molecule has 1 fully saturated rings. The van der Waals surface area contributed by atoms with Gasteiger partial charge < -0.3 is 39.8 Å². The molecule has 2 heterocycles. The van der Waals surface area contributed by atoms with Crippen molar-refractivity contribution in [3.63, 3.8) is 0 Å². The number of hydrogen-bond donors (Lipinski definition) is 3. The van der Waals surface area contributed by atoms with Crippen LogP contribution in [-0.4, -0.2) is 92.0 Å². The van der Waals surface area contributed by atoms with E-state index in [9.17, 15) is 19.5 Å². The van der Waals surface area contributed by atoms with Gasteiger partial charge in [-0.25, -0.2) is 4.79 Å². The molecule has 0 aromatic heterocycles. The minimum absolute atomic E-state index is 0.152. The molecular weight excluding hydrogens is 528 g/mol. The van der Waals surface area contributed by atoms with Gasteiger partial charge in [0.2, 0.25) is 5.91 Å². The van der Waals surface area contributed by atoms with Gasteiger partial charge in [0.25, 0.3) is 5.91 Å². The van der Waals surface area contributed by atoms with Crippen LogP contribution in [0.3, 0.4) is 0 Å². The molecule has 222 valence electrons. The molecule has 4 amide bonds. The highest BCUT2D eigenvalue weighted by Gasteiger charge is 2.35. The van der Waals surface area contributed by atoms with E-state index < -0.39 is 12.1 Å². The van der Waals surface area contributed by atoms with Crippen molar-refractivity contribution in [2.45, 2.75) is 38.8 Å².